The van der Waals surface area contributed by atoms with Gasteiger partial charge < -0.3 is 10.4 Å². The molecule has 3 nitrogen and oxygen atoms in total. The summed E-state index contributed by atoms with van der Waals surface area (Å²) in [5.74, 6) is 0. The van der Waals surface area contributed by atoms with Gasteiger partial charge in [-0.25, -0.2) is 0 Å². The van der Waals surface area contributed by atoms with Gasteiger partial charge >= 0.3 is 0 Å². The Morgan fingerprint density at radius 3 is 3.00 bits per heavy atom. The van der Waals surface area contributed by atoms with Crippen LogP contribution in [0.4, 0.5) is 0 Å². The van der Waals surface area contributed by atoms with E-state index in [2.05, 4.69) is 23.3 Å². The average Bonchev–Trinajstić information content (AvgIpc) is 2.30. The number of aliphatic hydroxyl groups is 1. The lowest BCUT2D eigenvalue weighted by Crippen LogP contribution is -2.18. The second-order valence-corrected chi connectivity index (χ2v) is 4.15. The fourth-order valence-electron chi connectivity index (χ4n) is 1.58. The van der Waals surface area contributed by atoms with E-state index >= 15 is 0 Å². The smallest absolute Gasteiger partial charge is 0.0570 e. The Kier molecular flexibility index (Phi) is 6.04. The van der Waals surface area contributed by atoms with Crippen LogP contribution in [0.3, 0.4) is 0 Å². The molecule has 1 heterocycles. The number of hydrogen-bond acceptors (Lipinski definition) is 3. The number of pyridine rings is 1. The average molecular weight is 222 g/mol. The summed E-state index contributed by atoms with van der Waals surface area (Å²) in [6.45, 7) is 5.84. The molecule has 0 saturated carbocycles. The van der Waals surface area contributed by atoms with Crippen LogP contribution < -0.4 is 5.32 Å². The molecular formula is C13H22N2O. The molecule has 16 heavy (non-hydrogen) atoms. The minimum Gasteiger partial charge on any atom is -0.393 e. The molecule has 0 aliphatic carbocycles. The molecule has 0 aliphatic heterocycles. The number of aliphatic hydroxyl groups excluding tert-OH is 1. The second-order valence-electron chi connectivity index (χ2n) is 4.15. The SMILES string of the molecule is CCC(O)CCCNCc1ncccc1C. The Balaban J connectivity index is 2.14. The monoisotopic (exact) mass is 222 g/mol. The summed E-state index contributed by atoms with van der Waals surface area (Å²) < 4.78 is 0. The van der Waals surface area contributed by atoms with Crippen LogP contribution >= 0.6 is 0 Å². The van der Waals surface area contributed by atoms with Crippen molar-refractivity contribution >= 4 is 0 Å². The van der Waals surface area contributed by atoms with Gasteiger partial charge in [0.25, 0.3) is 0 Å². The highest BCUT2D eigenvalue weighted by Crippen LogP contribution is 2.03. The standard InChI is InChI=1S/C13H22N2O/c1-3-12(16)7-5-8-14-10-13-11(2)6-4-9-15-13/h4,6,9,12,14,16H,3,5,7-8,10H2,1-2H3. The minimum absolute atomic E-state index is 0.140. The summed E-state index contributed by atoms with van der Waals surface area (Å²) in [5, 5.41) is 12.7. The maximum Gasteiger partial charge on any atom is 0.0570 e. The molecule has 1 rings (SSSR count). The van der Waals surface area contributed by atoms with E-state index in [1.54, 1.807) is 0 Å². The molecule has 2 N–H and O–H groups in total. The highest BCUT2D eigenvalue weighted by Gasteiger charge is 2.00. The van der Waals surface area contributed by atoms with Crippen molar-refractivity contribution < 1.29 is 5.11 Å². The fraction of sp³-hybridized carbons (Fsp3) is 0.615. The molecular weight excluding hydrogens is 200 g/mol. The first-order chi connectivity index (χ1) is 7.74. The van der Waals surface area contributed by atoms with Gasteiger partial charge in [0.1, 0.15) is 0 Å². The summed E-state index contributed by atoms with van der Waals surface area (Å²) >= 11 is 0. The summed E-state index contributed by atoms with van der Waals surface area (Å²) in [6, 6.07) is 4.03. The molecule has 0 fully saturated rings. The third-order valence-electron chi connectivity index (χ3n) is 2.77. The van der Waals surface area contributed by atoms with E-state index in [0.717, 1.165) is 38.0 Å². The molecule has 0 aromatic carbocycles. The predicted octanol–water partition coefficient (Wildman–Crippen LogP) is 2.03. The Hall–Kier alpha value is -0.930. The molecule has 0 radical (unpaired) electrons. The van der Waals surface area contributed by atoms with Crippen LogP contribution in [0.15, 0.2) is 18.3 Å². The van der Waals surface area contributed by atoms with Crippen molar-refractivity contribution in [1.29, 1.82) is 0 Å². The van der Waals surface area contributed by atoms with Gasteiger partial charge in [-0.05, 0) is 44.4 Å². The van der Waals surface area contributed by atoms with E-state index in [-0.39, 0.29) is 6.10 Å². The molecule has 1 atom stereocenters. The van der Waals surface area contributed by atoms with Crippen molar-refractivity contribution in [3.05, 3.63) is 29.6 Å². The van der Waals surface area contributed by atoms with Crippen molar-refractivity contribution in [2.24, 2.45) is 0 Å². The van der Waals surface area contributed by atoms with Gasteiger partial charge in [-0.15, -0.1) is 0 Å². The molecule has 90 valence electrons. The fourth-order valence-corrected chi connectivity index (χ4v) is 1.58. The van der Waals surface area contributed by atoms with Crippen LogP contribution in [0.1, 0.15) is 37.4 Å². The molecule has 1 unspecified atom stereocenters. The lowest BCUT2D eigenvalue weighted by Gasteiger charge is -2.09. The van der Waals surface area contributed by atoms with Crippen molar-refractivity contribution in [3.8, 4) is 0 Å². The van der Waals surface area contributed by atoms with Gasteiger partial charge in [-0.3, -0.25) is 4.98 Å². The van der Waals surface area contributed by atoms with Crippen LogP contribution in [0.25, 0.3) is 0 Å². The van der Waals surface area contributed by atoms with E-state index in [4.69, 9.17) is 0 Å². The third kappa shape index (κ3) is 4.73. The quantitative estimate of drug-likeness (QED) is 0.694. The molecule has 1 aromatic heterocycles. The zero-order chi connectivity index (χ0) is 11.8. The first-order valence-electron chi connectivity index (χ1n) is 6.03. The molecule has 3 heteroatoms. The van der Waals surface area contributed by atoms with E-state index in [9.17, 15) is 5.11 Å². The first-order valence-corrected chi connectivity index (χ1v) is 6.03. The van der Waals surface area contributed by atoms with Crippen molar-refractivity contribution in [2.45, 2.75) is 45.8 Å². The molecule has 0 aliphatic rings. The topological polar surface area (TPSA) is 45.1 Å². The number of aromatic nitrogens is 1. The third-order valence-corrected chi connectivity index (χ3v) is 2.77. The van der Waals surface area contributed by atoms with E-state index < -0.39 is 0 Å². The zero-order valence-corrected chi connectivity index (χ0v) is 10.2. The van der Waals surface area contributed by atoms with Crippen LogP contribution in [0, 0.1) is 6.92 Å². The number of hydrogen-bond donors (Lipinski definition) is 2. The molecule has 1 aromatic rings. The summed E-state index contributed by atoms with van der Waals surface area (Å²) in [6.07, 6.45) is 4.42. The van der Waals surface area contributed by atoms with Crippen LogP contribution in [0.2, 0.25) is 0 Å². The maximum atomic E-state index is 9.38. The minimum atomic E-state index is -0.140. The normalized spacial score (nSPS) is 12.7. The first kappa shape index (κ1) is 13.1. The summed E-state index contributed by atoms with van der Waals surface area (Å²) in [4.78, 5) is 4.32. The van der Waals surface area contributed by atoms with Crippen molar-refractivity contribution in [3.63, 3.8) is 0 Å². The van der Waals surface area contributed by atoms with Gasteiger partial charge in [-0.2, -0.15) is 0 Å². The van der Waals surface area contributed by atoms with Gasteiger partial charge in [0.2, 0.25) is 0 Å². The molecule has 0 saturated heterocycles. The number of rotatable bonds is 7. The Labute approximate surface area is 97.9 Å². The number of nitrogens with zero attached hydrogens (tertiary/aromatic N) is 1. The summed E-state index contributed by atoms with van der Waals surface area (Å²) in [5.41, 5.74) is 2.34. The van der Waals surface area contributed by atoms with Gasteiger partial charge in [0.05, 0.1) is 11.8 Å². The van der Waals surface area contributed by atoms with Crippen LogP contribution in [-0.2, 0) is 6.54 Å². The largest absolute Gasteiger partial charge is 0.393 e. The molecule has 0 bridgehead atoms. The van der Waals surface area contributed by atoms with Crippen LogP contribution in [-0.4, -0.2) is 22.7 Å². The lowest BCUT2D eigenvalue weighted by molar-refractivity contribution is 0.157. The lowest BCUT2D eigenvalue weighted by atomic mass is 10.1. The van der Waals surface area contributed by atoms with E-state index in [0.29, 0.717) is 0 Å². The Morgan fingerprint density at radius 2 is 2.31 bits per heavy atom. The highest BCUT2D eigenvalue weighted by atomic mass is 16.3. The predicted molar refractivity (Wildman–Crippen MR) is 66.2 cm³/mol. The summed E-state index contributed by atoms with van der Waals surface area (Å²) in [7, 11) is 0. The maximum absolute atomic E-state index is 9.38. The van der Waals surface area contributed by atoms with Gasteiger partial charge in [-0.1, -0.05) is 13.0 Å². The van der Waals surface area contributed by atoms with Crippen molar-refractivity contribution in [2.75, 3.05) is 6.54 Å². The molecule has 0 amide bonds. The van der Waals surface area contributed by atoms with Gasteiger partial charge in [0.15, 0.2) is 0 Å². The van der Waals surface area contributed by atoms with Gasteiger partial charge in [0, 0.05) is 12.7 Å². The highest BCUT2D eigenvalue weighted by molar-refractivity contribution is 5.17. The Bertz CT molecular complexity index is 302. The Morgan fingerprint density at radius 1 is 1.50 bits per heavy atom. The second kappa shape index (κ2) is 7.36. The molecule has 0 spiro atoms. The zero-order valence-electron chi connectivity index (χ0n) is 10.2. The van der Waals surface area contributed by atoms with E-state index in [1.807, 2.05) is 19.2 Å². The van der Waals surface area contributed by atoms with Crippen LogP contribution in [0.5, 0.6) is 0 Å². The number of nitrogens with one attached hydrogen (secondary N) is 1. The van der Waals surface area contributed by atoms with E-state index in [1.165, 1.54) is 5.56 Å². The number of aryl methyl sites for hydroxylation is 1. The van der Waals surface area contributed by atoms with Crippen molar-refractivity contribution in [1.82, 2.24) is 10.3 Å².